The van der Waals surface area contributed by atoms with Crippen LogP contribution in [0.15, 0.2) is 48.5 Å². The Morgan fingerprint density at radius 1 is 1.20 bits per heavy atom. The van der Waals surface area contributed by atoms with Gasteiger partial charge in [-0.25, -0.2) is 0 Å². The predicted octanol–water partition coefficient (Wildman–Crippen LogP) is 3.20. The van der Waals surface area contributed by atoms with Gasteiger partial charge < -0.3 is 14.4 Å². The minimum absolute atomic E-state index is 0.0753. The van der Waals surface area contributed by atoms with Crippen molar-refractivity contribution in [3.63, 3.8) is 0 Å². The molecule has 2 rings (SSSR count). The van der Waals surface area contributed by atoms with Gasteiger partial charge in [0.2, 0.25) is 0 Å². The van der Waals surface area contributed by atoms with Crippen molar-refractivity contribution in [2.45, 2.75) is 13.0 Å². The molecule has 0 aliphatic carbocycles. The molecule has 0 fully saturated rings. The molecule has 7 nitrogen and oxygen atoms in total. The van der Waals surface area contributed by atoms with Crippen molar-refractivity contribution in [3.8, 4) is 11.5 Å². The quantitative estimate of drug-likeness (QED) is 0.569. The van der Waals surface area contributed by atoms with Crippen molar-refractivity contribution in [3.05, 3.63) is 64.2 Å². The first kappa shape index (κ1) is 18.3. The molecule has 0 saturated heterocycles. The molecule has 0 aromatic heterocycles. The van der Waals surface area contributed by atoms with Gasteiger partial charge in [-0.05, 0) is 30.7 Å². The summed E-state index contributed by atoms with van der Waals surface area (Å²) in [6.45, 7) is 1.62. The molecule has 1 atom stereocenters. The molecule has 0 heterocycles. The Labute approximate surface area is 145 Å². The van der Waals surface area contributed by atoms with Gasteiger partial charge in [0.15, 0.2) is 12.4 Å². The zero-order chi connectivity index (χ0) is 18.4. The maximum atomic E-state index is 12.3. The van der Waals surface area contributed by atoms with E-state index < -0.39 is 4.92 Å². The van der Waals surface area contributed by atoms with E-state index in [0.717, 1.165) is 11.3 Å². The number of ether oxygens (including phenoxy) is 2. The third-order valence-electron chi connectivity index (χ3n) is 3.99. The van der Waals surface area contributed by atoms with Crippen LogP contribution in [0.3, 0.4) is 0 Å². The van der Waals surface area contributed by atoms with Gasteiger partial charge in [0.05, 0.1) is 18.1 Å². The van der Waals surface area contributed by atoms with Crippen LogP contribution in [-0.2, 0) is 4.79 Å². The van der Waals surface area contributed by atoms with Crippen LogP contribution < -0.4 is 9.47 Å². The zero-order valence-electron chi connectivity index (χ0n) is 14.3. The molecule has 0 spiro atoms. The van der Waals surface area contributed by atoms with E-state index >= 15 is 0 Å². The molecular weight excluding hydrogens is 324 g/mol. The number of nitro benzene ring substituents is 1. The smallest absolute Gasteiger partial charge is 0.310 e. The number of rotatable bonds is 7. The van der Waals surface area contributed by atoms with Crippen LogP contribution in [0, 0.1) is 10.1 Å². The van der Waals surface area contributed by atoms with E-state index in [1.165, 1.54) is 17.0 Å². The molecule has 0 aliphatic rings. The number of para-hydroxylation sites is 2. The maximum absolute atomic E-state index is 12.3. The summed E-state index contributed by atoms with van der Waals surface area (Å²) in [4.78, 5) is 24.3. The van der Waals surface area contributed by atoms with Crippen molar-refractivity contribution >= 4 is 11.6 Å². The summed E-state index contributed by atoms with van der Waals surface area (Å²) in [7, 11) is 3.26. The van der Waals surface area contributed by atoms with Gasteiger partial charge in [-0.3, -0.25) is 14.9 Å². The van der Waals surface area contributed by atoms with Gasteiger partial charge in [0.1, 0.15) is 5.75 Å². The van der Waals surface area contributed by atoms with Gasteiger partial charge in [0, 0.05) is 13.1 Å². The Bertz CT molecular complexity index is 745. The Kier molecular flexibility index (Phi) is 5.94. The van der Waals surface area contributed by atoms with Crippen molar-refractivity contribution in [1.82, 2.24) is 4.90 Å². The van der Waals surface area contributed by atoms with Crippen molar-refractivity contribution in [2.24, 2.45) is 0 Å². The van der Waals surface area contributed by atoms with Gasteiger partial charge in [-0.15, -0.1) is 0 Å². The molecule has 0 N–H and O–H groups in total. The number of methoxy groups -OCH3 is 1. The molecule has 1 amide bonds. The second-order valence-corrected chi connectivity index (χ2v) is 5.47. The minimum atomic E-state index is -0.538. The molecule has 0 radical (unpaired) electrons. The van der Waals surface area contributed by atoms with Crippen LogP contribution in [0.2, 0.25) is 0 Å². The van der Waals surface area contributed by atoms with E-state index in [1.807, 2.05) is 31.2 Å². The first-order chi connectivity index (χ1) is 11.9. The van der Waals surface area contributed by atoms with Crippen molar-refractivity contribution in [1.29, 1.82) is 0 Å². The van der Waals surface area contributed by atoms with E-state index in [1.54, 1.807) is 26.3 Å². The fourth-order valence-electron chi connectivity index (χ4n) is 2.29. The molecule has 7 heteroatoms. The minimum Gasteiger partial charge on any atom is -0.497 e. The highest BCUT2D eigenvalue weighted by molar-refractivity contribution is 5.78. The summed E-state index contributed by atoms with van der Waals surface area (Å²) >= 11 is 0. The highest BCUT2D eigenvalue weighted by atomic mass is 16.6. The third-order valence-corrected chi connectivity index (χ3v) is 3.99. The number of likely N-dealkylation sites (N-methyl/N-ethyl adjacent to an activating group) is 1. The highest BCUT2D eigenvalue weighted by Gasteiger charge is 2.20. The third kappa shape index (κ3) is 4.47. The van der Waals surface area contributed by atoms with Crippen LogP contribution >= 0.6 is 0 Å². The fourth-order valence-corrected chi connectivity index (χ4v) is 2.29. The lowest BCUT2D eigenvalue weighted by molar-refractivity contribution is -0.385. The topological polar surface area (TPSA) is 81.9 Å². The number of hydrogen-bond acceptors (Lipinski definition) is 5. The lowest BCUT2D eigenvalue weighted by Crippen LogP contribution is -2.33. The second-order valence-electron chi connectivity index (χ2n) is 5.47. The summed E-state index contributed by atoms with van der Waals surface area (Å²) in [6, 6.07) is 13.2. The standard InChI is InChI=1S/C18H20N2O5/c1-13(14-8-10-15(24-3)11-9-14)19(2)18(21)12-25-17-7-5-4-6-16(17)20(22)23/h4-11,13H,12H2,1-3H3. The number of hydrogen-bond donors (Lipinski definition) is 0. The van der Waals surface area contributed by atoms with Gasteiger partial charge in [-0.2, -0.15) is 0 Å². The fraction of sp³-hybridized carbons (Fsp3) is 0.278. The number of nitro groups is 1. The molecule has 2 aromatic carbocycles. The first-order valence-corrected chi connectivity index (χ1v) is 7.70. The lowest BCUT2D eigenvalue weighted by atomic mass is 10.1. The van der Waals surface area contributed by atoms with Crippen LogP contribution in [0.4, 0.5) is 5.69 Å². The summed E-state index contributed by atoms with van der Waals surface area (Å²) in [5, 5.41) is 11.0. The molecule has 2 aromatic rings. The highest BCUT2D eigenvalue weighted by Crippen LogP contribution is 2.26. The summed E-state index contributed by atoms with van der Waals surface area (Å²) in [5.41, 5.74) is 0.781. The number of carbonyl (C=O) groups excluding carboxylic acids is 1. The first-order valence-electron chi connectivity index (χ1n) is 7.70. The lowest BCUT2D eigenvalue weighted by Gasteiger charge is -2.25. The molecule has 0 aliphatic heterocycles. The molecule has 132 valence electrons. The van der Waals surface area contributed by atoms with Crippen LogP contribution in [0.5, 0.6) is 11.5 Å². The van der Waals surface area contributed by atoms with E-state index in [4.69, 9.17) is 9.47 Å². The Morgan fingerprint density at radius 3 is 2.44 bits per heavy atom. The molecule has 1 unspecified atom stereocenters. The molecule has 0 bridgehead atoms. The maximum Gasteiger partial charge on any atom is 0.310 e. The van der Waals surface area contributed by atoms with Crippen LogP contribution in [0.1, 0.15) is 18.5 Å². The average Bonchev–Trinajstić information content (AvgIpc) is 2.65. The van der Waals surface area contributed by atoms with E-state index in [9.17, 15) is 14.9 Å². The van der Waals surface area contributed by atoms with Crippen LogP contribution in [0.25, 0.3) is 0 Å². The van der Waals surface area contributed by atoms with Crippen molar-refractivity contribution in [2.75, 3.05) is 20.8 Å². The zero-order valence-corrected chi connectivity index (χ0v) is 14.3. The second kappa shape index (κ2) is 8.14. The largest absolute Gasteiger partial charge is 0.497 e. The number of amides is 1. The Balaban J connectivity index is 2.01. The van der Waals surface area contributed by atoms with Gasteiger partial charge in [0.25, 0.3) is 5.91 Å². The monoisotopic (exact) mass is 344 g/mol. The predicted molar refractivity (Wildman–Crippen MR) is 92.8 cm³/mol. The van der Waals surface area contributed by atoms with Crippen molar-refractivity contribution < 1.29 is 19.2 Å². The SMILES string of the molecule is COc1ccc(C(C)N(C)C(=O)COc2ccccc2[N+](=O)[O-])cc1. The van der Waals surface area contributed by atoms with E-state index in [2.05, 4.69) is 0 Å². The van der Waals surface area contributed by atoms with Gasteiger partial charge in [-0.1, -0.05) is 24.3 Å². The Hall–Kier alpha value is -3.09. The summed E-state index contributed by atoms with van der Waals surface area (Å²) in [5.74, 6) is 0.539. The number of nitrogens with zero attached hydrogens (tertiary/aromatic N) is 2. The average molecular weight is 344 g/mol. The van der Waals surface area contributed by atoms with E-state index in [-0.39, 0.29) is 30.0 Å². The molecule has 0 saturated carbocycles. The van der Waals surface area contributed by atoms with Gasteiger partial charge >= 0.3 is 5.69 Å². The van der Waals surface area contributed by atoms with E-state index in [0.29, 0.717) is 0 Å². The molecule has 25 heavy (non-hydrogen) atoms. The number of carbonyl (C=O) groups is 1. The summed E-state index contributed by atoms with van der Waals surface area (Å²) < 4.78 is 10.5. The summed E-state index contributed by atoms with van der Waals surface area (Å²) in [6.07, 6.45) is 0. The normalized spacial score (nSPS) is 11.5. The molecular formula is C18H20N2O5. The Morgan fingerprint density at radius 2 is 1.84 bits per heavy atom. The number of benzene rings is 2. The van der Waals surface area contributed by atoms with Crippen LogP contribution in [-0.4, -0.2) is 36.5 Å².